The van der Waals surface area contributed by atoms with Crippen LogP contribution in [0.25, 0.3) is 0 Å². The number of hydrogen-bond acceptors (Lipinski definition) is 3. The van der Waals surface area contributed by atoms with Crippen LogP contribution in [-0.4, -0.2) is 25.0 Å². The number of piperidine rings is 1. The molecule has 0 bridgehead atoms. The summed E-state index contributed by atoms with van der Waals surface area (Å²) in [4.78, 5) is 1.55. The molecule has 4 nitrogen and oxygen atoms in total. The summed E-state index contributed by atoms with van der Waals surface area (Å²) in [5.74, 6) is 1.74. The van der Waals surface area contributed by atoms with Gasteiger partial charge in [-0.2, -0.15) is 0 Å². The Morgan fingerprint density at radius 1 is 1.06 bits per heavy atom. The van der Waals surface area contributed by atoms with Crippen LogP contribution in [0.3, 0.4) is 0 Å². The third-order valence-corrected chi connectivity index (χ3v) is 3.57. The minimum absolute atomic E-state index is 0.259. The Bertz CT molecular complexity index is 413. The van der Waals surface area contributed by atoms with E-state index in [1.807, 2.05) is 6.07 Å². The van der Waals surface area contributed by atoms with Gasteiger partial charge in [0.25, 0.3) is 0 Å². The van der Waals surface area contributed by atoms with Crippen LogP contribution in [0, 0.1) is 0 Å². The van der Waals surface area contributed by atoms with Gasteiger partial charge in [-0.3, -0.25) is 0 Å². The molecular weight excluding hydrogens is 218 g/mol. The first-order chi connectivity index (χ1) is 8.33. The van der Waals surface area contributed by atoms with Crippen molar-refractivity contribution in [2.45, 2.75) is 25.8 Å². The number of nitrogens with one attached hydrogen (secondary N) is 1. The van der Waals surface area contributed by atoms with Crippen molar-refractivity contribution in [1.29, 1.82) is 0 Å². The van der Waals surface area contributed by atoms with Crippen LogP contribution in [0.2, 0.25) is 0 Å². The summed E-state index contributed by atoms with van der Waals surface area (Å²) < 4.78 is 10.6. The highest BCUT2D eigenvalue weighted by molar-refractivity contribution is 5.50. The van der Waals surface area contributed by atoms with Crippen molar-refractivity contribution < 1.29 is 19.5 Å². The molecule has 17 heavy (non-hydrogen) atoms. The molecule has 4 heteroatoms. The summed E-state index contributed by atoms with van der Waals surface area (Å²) in [6.07, 6.45) is 3.93. The molecule has 0 aromatic heterocycles. The third kappa shape index (κ3) is 2.17. The second-order valence-corrected chi connectivity index (χ2v) is 4.82. The first kappa shape index (κ1) is 10.7. The van der Waals surface area contributed by atoms with E-state index in [0.29, 0.717) is 11.5 Å². The van der Waals surface area contributed by atoms with Gasteiger partial charge in [0, 0.05) is 6.07 Å². The molecule has 92 valence electrons. The maximum Gasteiger partial charge on any atom is 0.231 e. The number of hydrogen-bond donors (Lipinski definition) is 2. The SMILES string of the molecule is Oc1cc2c(cc1C[NH+]1CCCCC1)OCO2. The standard InChI is InChI=1S/C13H17NO3/c15-11-7-13-12(16-9-17-13)6-10(11)8-14-4-2-1-3-5-14/h6-7,15H,1-5,8-9H2/p+1. The van der Waals surface area contributed by atoms with Crippen LogP contribution >= 0.6 is 0 Å². The van der Waals surface area contributed by atoms with E-state index in [9.17, 15) is 5.11 Å². The summed E-state index contributed by atoms with van der Waals surface area (Å²) in [5.41, 5.74) is 0.964. The van der Waals surface area contributed by atoms with Gasteiger partial charge in [-0.15, -0.1) is 0 Å². The quantitative estimate of drug-likeness (QED) is 0.794. The van der Waals surface area contributed by atoms with Gasteiger partial charge < -0.3 is 19.5 Å². The largest absolute Gasteiger partial charge is 0.507 e. The highest BCUT2D eigenvalue weighted by atomic mass is 16.7. The normalized spacial score (nSPS) is 19.5. The van der Waals surface area contributed by atoms with Crippen molar-refractivity contribution in [3.8, 4) is 17.2 Å². The predicted molar refractivity (Wildman–Crippen MR) is 62.5 cm³/mol. The van der Waals surface area contributed by atoms with Gasteiger partial charge in [0.15, 0.2) is 11.5 Å². The van der Waals surface area contributed by atoms with Gasteiger partial charge in [0.05, 0.1) is 18.7 Å². The van der Waals surface area contributed by atoms with Crippen molar-refractivity contribution in [2.75, 3.05) is 19.9 Å². The lowest BCUT2D eigenvalue weighted by molar-refractivity contribution is -0.918. The molecule has 0 saturated carbocycles. The summed E-state index contributed by atoms with van der Waals surface area (Å²) in [6, 6.07) is 3.58. The number of benzene rings is 1. The van der Waals surface area contributed by atoms with Crippen molar-refractivity contribution in [3.05, 3.63) is 17.7 Å². The number of fused-ring (bicyclic) bond motifs is 1. The molecule has 2 heterocycles. The van der Waals surface area contributed by atoms with E-state index in [4.69, 9.17) is 9.47 Å². The van der Waals surface area contributed by atoms with Gasteiger partial charge >= 0.3 is 0 Å². The molecular formula is C13H18NO3+. The van der Waals surface area contributed by atoms with Crippen molar-refractivity contribution in [2.24, 2.45) is 0 Å². The zero-order valence-corrected chi connectivity index (χ0v) is 9.87. The van der Waals surface area contributed by atoms with Crippen LogP contribution in [0.15, 0.2) is 12.1 Å². The van der Waals surface area contributed by atoms with Crippen LogP contribution in [0.4, 0.5) is 0 Å². The Morgan fingerprint density at radius 2 is 1.76 bits per heavy atom. The molecule has 0 aliphatic carbocycles. The Labute approximate surface area is 101 Å². The molecule has 1 aromatic carbocycles. The predicted octanol–water partition coefficient (Wildman–Crippen LogP) is 0.690. The van der Waals surface area contributed by atoms with Crippen LogP contribution in [-0.2, 0) is 6.54 Å². The first-order valence-corrected chi connectivity index (χ1v) is 6.28. The maximum atomic E-state index is 9.96. The van der Waals surface area contributed by atoms with E-state index in [2.05, 4.69) is 0 Å². The van der Waals surface area contributed by atoms with Crippen molar-refractivity contribution in [3.63, 3.8) is 0 Å². The second-order valence-electron chi connectivity index (χ2n) is 4.82. The number of likely N-dealkylation sites (tertiary alicyclic amines) is 1. The van der Waals surface area contributed by atoms with Crippen LogP contribution < -0.4 is 14.4 Å². The maximum absolute atomic E-state index is 9.96. The molecule has 2 N–H and O–H groups in total. The number of aromatic hydroxyl groups is 1. The van der Waals surface area contributed by atoms with Crippen LogP contribution in [0.5, 0.6) is 17.2 Å². The highest BCUT2D eigenvalue weighted by Gasteiger charge is 2.20. The number of phenols is 1. The lowest BCUT2D eigenvalue weighted by Gasteiger charge is -2.23. The zero-order chi connectivity index (χ0) is 11.7. The molecule has 0 amide bonds. The monoisotopic (exact) mass is 236 g/mol. The van der Waals surface area contributed by atoms with E-state index in [-0.39, 0.29) is 6.79 Å². The number of quaternary nitrogens is 1. The molecule has 0 radical (unpaired) electrons. The Balaban J connectivity index is 1.78. The first-order valence-electron chi connectivity index (χ1n) is 6.28. The summed E-state index contributed by atoms with van der Waals surface area (Å²) in [5, 5.41) is 9.96. The minimum atomic E-state index is 0.259. The van der Waals surface area contributed by atoms with E-state index in [1.165, 1.54) is 32.4 Å². The fourth-order valence-electron chi connectivity index (χ4n) is 2.61. The zero-order valence-electron chi connectivity index (χ0n) is 9.87. The molecule has 1 saturated heterocycles. The van der Waals surface area contributed by atoms with Gasteiger partial charge in [-0.1, -0.05) is 0 Å². The topological polar surface area (TPSA) is 43.1 Å². The molecule has 2 aliphatic rings. The molecule has 1 aromatic rings. The fourth-order valence-corrected chi connectivity index (χ4v) is 2.61. The average Bonchev–Trinajstić information content (AvgIpc) is 2.78. The van der Waals surface area contributed by atoms with Gasteiger partial charge in [0.2, 0.25) is 6.79 Å². The number of rotatable bonds is 2. The van der Waals surface area contributed by atoms with Gasteiger partial charge in [-0.25, -0.2) is 0 Å². The van der Waals surface area contributed by atoms with E-state index in [1.54, 1.807) is 11.0 Å². The Hall–Kier alpha value is -1.42. The molecule has 0 atom stereocenters. The minimum Gasteiger partial charge on any atom is -0.507 e. The van der Waals surface area contributed by atoms with E-state index < -0.39 is 0 Å². The smallest absolute Gasteiger partial charge is 0.231 e. The second kappa shape index (κ2) is 4.45. The lowest BCUT2D eigenvalue weighted by Crippen LogP contribution is -3.11. The van der Waals surface area contributed by atoms with Crippen molar-refractivity contribution >= 4 is 0 Å². The van der Waals surface area contributed by atoms with Gasteiger partial charge in [0.1, 0.15) is 12.3 Å². The highest BCUT2D eigenvalue weighted by Crippen LogP contribution is 2.37. The summed E-state index contributed by atoms with van der Waals surface area (Å²) >= 11 is 0. The van der Waals surface area contributed by atoms with E-state index in [0.717, 1.165) is 17.9 Å². The van der Waals surface area contributed by atoms with Crippen LogP contribution in [0.1, 0.15) is 24.8 Å². The molecule has 2 aliphatic heterocycles. The Kier molecular flexibility index (Phi) is 2.81. The average molecular weight is 236 g/mol. The molecule has 0 spiro atoms. The molecule has 0 unspecified atom stereocenters. The summed E-state index contributed by atoms with van der Waals surface area (Å²) in [6.45, 7) is 3.54. The molecule has 3 rings (SSSR count). The fraction of sp³-hybridized carbons (Fsp3) is 0.538. The molecule has 1 fully saturated rings. The summed E-state index contributed by atoms with van der Waals surface area (Å²) in [7, 11) is 0. The number of ether oxygens (including phenoxy) is 2. The number of phenolic OH excluding ortho intramolecular Hbond substituents is 1. The van der Waals surface area contributed by atoms with Crippen molar-refractivity contribution in [1.82, 2.24) is 0 Å². The van der Waals surface area contributed by atoms with Gasteiger partial charge in [-0.05, 0) is 25.3 Å². The van der Waals surface area contributed by atoms with E-state index >= 15 is 0 Å². The Morgan fingerprint density at radius 3 is 2.53 bits per heavy atom. The third-order valence-electron chi connectivity index (χ3n) is 3.57. The lowest BCUT2D eigenvalue weighted by atomic mass is 10.1.